The molecule has 3 nitrogen and oxygen atoms in total. The Hall–Kier alpha value is -1.13. The highest BCUT2D eigenvalue weighted by molar-refractivity contribution is 5.49. The van der Waals surface area contributed by atoms with E-state index < -0.39 is 0 Å². The fourth-order valence-electron chi connectivity index (χ4n) is 5.30. The standard InChI is InChI=1S/C22H32FNO2/c1-14-18-11-15(12-20(14)25)22(2,3)26-21(18)17-8-7-16(13-19(17)23)24-9-5-4-6-10-24/h7-8,13-15,18,20-21,25H,4-6,9-12H2,1-3H3/t14-,15-,18+,20-,21-/m0/s1. The molecule has 4 heteroatoms. The zero-order valence-electron chi connectivity index (χ0n) is 16.2. The Kier molecular flexibility index (Phi) is 4.77. The third-order valence-corrected chi connectivity index (χ3v) is 7.18. The normalized spacial score (nSPS) is 36.8. The second-order valence-electron chi connectivity index (χ2n) is 9.15. The van der Waals surface area contributed by atoms with Crippen molar-refractivity contribution in [3.05, 3.63) is 29.6 Å². The van der Waals surface area contributed by atoms with Crippen LogP contribution in [-0.4, -0.2) is 29.9 Å². The minimum absolute atomic E-state index is 0.133. The van der Waals surface area contributed by atoms with Crippen LogP contribution in [0.4, 0.5) is 10.1 Å². The van der Waals surface area contributed by atoms with Gasteiger partial charge in [0.25, 0.3) is 0 Å². The number of ether oxygens (including phenoxy) is 1. The number of halogens is 1. The molecule has 3 aliphatic rings. The van der Waals surface area contributed by atoms with Crippen LogP contribution in [0.3, 0.4) is 0 Å². The second-order valence-corrected chi connectivity index (χ2v) is 9.15. The number of hydrogen-bond donors (Lipinski definition) is 1. The molecule has 0 unspecified atom stereocenters. The average molecular weight is 362 g/mol. The van der Waals surface area contributed by atoms with E-state index in [9.17, 15) is 5.11 Å². The molecule has 5 atom stereocenters. The molecule has 2 aliphatic heterocycles. The van der Waals surface area contributed by atoms with Crippen LogP contribution in [-0.2, 0) is 4.74 Å². The Morgan fingerprint density at radius 1 is 1.15 bits per heavy atom. The maximum Gasteiger partial charge on any atom is 0.131 e. The molecule has 1 aliphatic carbocycles. The minimum atomic E-state index is -0.333. The van der Waals surface area contributed by atoms with Gasteiger partial charge in [-0.1, -0.05) is 13.0 Å². The maximum absolute atomic E-state index is 15.1. The molecule has 2 heterocycles. The predicted molar refractivity (Wildman–Crippen MR) is 102 cm³/mol. The first kappa shape index (κ1) is 18.2. The molecule has 144 valence electrons. The Morgan fingerprint density at radius 3 is 2.58 bits per heavy atom. The van der Waals surface area contributed by atoms with Gasteiger partial charge in [-0.05, 0) is 75.8 Å². The Labute approximate surface area is 156 Å². The first-order valence-electron chi connectivity index (χ1n) is 10.3. The first-order valence-corrected chi connectivity index (χ1v) is 10.3. The van der Waals surface area contributed by atoms with Gasteiger partial charge >= 0.3 is 0 Å². The highest BCUT2D eigenvalue weighted by Crippen LogP contribution is 2.53. The third-order valence-electron chi connectivity index (χ3n) is 7.18. The quantitative estimate of drug-likeness (QED) is 0.829. The van der Waals surface area contributed by atoms with Gasteiger partial charge in [-0.2, -0.15) is 0 Å². The zero-order chi connectivity index (χ0) is 18.5. The molecule has 1 saturated carbocycles. The Balaban J connectivity index is 1.63. The summed E-state index contributed by atoms with van der Waals surface area (Å²) in [4.78, 5) is 2.28. The first-order chi connectivity index (χ1) is 12.4. The number of benzene rings is 1. The average Bonchev–Trinajstić information content (AvgIpc) is 2.62. The number of aliphatic hydroxyl groups excluding tert-OH is 1. The summed E-state index contributed by atoms with van der Waals surface area (Å²) in [6.07, 6.45) is 4.83. The van der Waals surface area contributed by atoms with Crippen molar-refractivity contribution in [1.82, 2.24) is 0 Å². The van der Waals surface area contributed by atoms with Crippen molar-refractivity contribution < 1.29 is 14.2 Å². The van der Waals surface area contributed by atoms with E-state index in [0.717, 1.165) is 31.6 Å². The van der Waals surface area contributed by atoms with Gasteiger partial charge in [0.15, 0.2) is 0 Å². The smallest absolute Gasteiger partial charge is 0.131 e. The molecular weight excluding hydrogens is 329 g/mol. The lowest BCUT2D eigenvalue weighted by Gasteiger charge is -2.53. The summed E-state index contributed by atoms with van der Waals surface area (Å²) < 4.78 is 21.6. The van der Waals surface area contributed by atoms with Crippen LogP contribution in [0.5, 0.6) is 0 Å². The van der Waals surface area contributed by atoms with E-state index in [-0.39, 0.29) is 35.5 Å². The fourth-order valence-corrected chi connectivity index (χ4v) is 5.30. The van der Waals surface area contributed by atoms with E-state index in [0.29, 0.717) is 11.5 Å². The minimum Gasteiger partial charge on any atom is -0.393 e. The summed E-state index contributed by atoms with van der Waals surface area (Å²) in [5, 5.41) is 10.5. The maximum atomic E-state index is 15.1. The van der Waals surface area contributed by atoms with Gasteiger partial charge in [0, 0.05) is 24.3 Å². The van der Waals surface area contributed by atoms with Crippen molar-refractivity contribution in [3.8, 4) is 0 Å². The molecule has 0 radical (unpaired) electrons. The number of nitrogens with zero attached hydrogens (tertiary/aromatic N) is 1. The van der Waals surface area contributed by atoms with Gasteiger partial charge in [0.05, 0.1) is 17.8 Å². The second kappa shape index (κ2) is 6.79. The van der Waals surface area contributed by atoms with Gasteiger partial charge < -0.3 is 14.7 Å². The molecule has 2 bridgehead atoms. The Bertz CT molecular complexity index is 656. The Morgan fingerprint density at radius 2 is 1.88 bits per heavy atom. The highest BCUT2D eigenvalue weighted by atomic mass is 19.1. The molecule has 0 spiro atoms. The van der Waals surface area contributed by atoms with Crippen LogP contribution >= 0.6 is 0 Å². The number of piperidine rings is 1. The van der Waals surface area contributed by atoms with Crippen molar-refractivity contribution in [2.45, 2.75) is 70.7 Å². The predicted octanol–water partition coefficient (Wildman–Crippen LogP) is 4.69. The van der Waals surface area contributed by atoms with E-state index in [1.165, 1.54) is 19.3 Å². The van der Waals surface area contributed by atoms with Crippen LogP contribution in [0.2, 0.25) is 0 Å². The largest absolute Gasteiger partial charge is 0.393 e. The summed E-state index contributed by atoms with van der Waals surface area (Å²) in [6.45, 7) is 8.28. The van der Waals surface area contributed by atoms with E-state index in [1.54, 1.807) is 6.07 Å². The summed E-state index contributed by atoms with van der Waals surface area (Å²) >= 11 is 0. The molecule has 0 aromatic heterocycles. The van der Waals surface area contributed by atoms with Crippen molar-refractivity contribution in [3.63, 3.8) is 0 Å². The molecule has 1 aromatic rings. The summed E-state index contributed by atoms with van der Waals surface area (Å²) in [5.74, 6) is 0.478. The van der Waals surface area contributed by atoms with Gasteiger partial charge in [-0.15, -0.1) is 0 Å². The number of rotatable bonds is 2. The topological polar surface area (TPSA) is 32.7 Å². The van der Waals surface area contributed by atoms with Crippen LogP contribution in [0.1, 0.15) is 64.5 Å². The molecular formula is C22H32FNO2. The van der Waals surface area contributed by atoms with Crippen LogP contribution in [0.25, 0.3) is 0 Å². The SMILES string of the molecule is C[C@H]1[C@H]2C[C@@H](C[C@@H]1O)C(C)(C)O[C@H]2c1ccc(N2CCCCC2)cc1F. The van der Waals surface area contributed by atoms with Crippen LogP contribution < -0.4 is 4.90 Å². The third kappa shape index (κ3) is 3.16. The number of aliphatic hydroxyl groups is 1. The molecule has 2 saturated heterocycles. The van der Waals surface area contributed by atoms with E-state index in [2.05, 4.69) is 31.7 Å². The van der Waals surface area contributed by atoms with Gasteiger partial charge in [-0.25, -0.2) is 4.39 Å². The number of anilines is 1. The summed E-state index contributed by atoms with van der Waals surface area (Å²) in [7, 11) is 0. The zero-order valence-corrected chi connectivity index (χ0v) is 16.2. The van der Waals surface area contributed by atoms with E-state index in [4.69, 9.17) is 4.74 Å². The van der Waals surface area contributed by atoms with Crippen LogP contribution in [0, 0.1) is 23.6 Å². The van der Waals surface area contributed by atoms with Gasteiger partial charge in [0.2, 0.25) is 0 Å². The van der Waals surface area contributed by atoms with Crippen LogP contribution in [0.15, 0.2) is 18.2 Å². The van der Waals surface area contributed by atoms with Crippen molar-refractivity contribution >= 4 is 5.69 Å². The van der Waals surface area contributed by atoms with Crippen molar-refractivity contribution in [2.75, 3.05) is 18.0 Å². The lowest BCUT2D eigenvalue weighted by atomic mass is 9.63. The lowest BCUT2D eigenvalue weighted by molar-refractivity contribution is -0.216. The van der Waals surface area contributed by atoms with E-state index >= 15 is 4.39 Å². The number of hydrogen-bond acceptors (Lipinski definition) is 3. The number of fused-ring (bicyclic) bond motifs is 2. The van der Waals surface area contributed by atoms with Crippen molar-refractivity contribution in [1.29, 1.82) is 0 Å². The summed E-state index contributed by atoms with van der Waals surface area (Å²) in [5.41, 5.74) is 1.30. The van der Waals surface area contributed by atoms with Crippen molar-refractivity contribution in [2.24, 2.45) is 17.8 Å². The lowest BCUT2D eigenvalue weighted by Crippen LogP contribution is -2.52. The van der Waals surface area contributed by atoms with E-state index in [1.807, 2.05) is 6.07 Å². The molecule has 0 amide bonds. The summed E-state index contributed by atoms with van der Waals surface area (Å²) in [6, 6.07) is 5.66. The fraction of sp³-hybridized carbons (Fsp3) is 0.727. The highest BCUT2D eigenvalue weighted by Gasteiger charge is 2.51. The molecule has 26 heavy (non-hydrogen) atoms. The molecule has 3 fully saturated rings. The van der Waals surface area contributed by atoms with Gasteiger partial charge in [0.1, 0.15) is 5.82 Å². The molecule has 1 aromatic carbocycles. The monoisotopic (exact) mass is 361 g/mol. The molecule has 1 N–H and O–H groups in total. The van der Waals surface area contributed by atoms with Gasteiger partial charge in [-0.3, -0.25) is 0 Å². The molecule has 4 rings (SSSR count).